The number of hydrogen-bond donors (Lipinski definition) is 0. The number of hydrogen-bond acceptors (Lipinski definition) is 2. The van der Waals surface area contributed by atoms with Crippen LogP contribution in [0.3, 0.4) is 0 Å². The highest BCUT2D eigenvalue weighted by Gasteiger charge is 2.05. The highest BCUT2D eigenvalue weighted by Crippen LogP contribution is 2.11. The van der Waals surface area contributed by atoms with E-state index in [9.17, 15) is 4.39 Å². The summed E-state index contributed by atoms with van der Waals surface area (Å²) >= 11 is 0. The molecular weight excluding hydrogens is 179 g/mol. The first-order valence-corrected chi connectivity index (χ1v) is 5.15. The predicted octanol–water partition coefficient (Wildman–Crippen LogP) is 2.85. The van der Waals surface area contributed by atoms with E-state index in [1.165, 1.54) is 6.07 Å². The minimum atomic E-state index is -0.405. The van der Waals surface area contributed by atoms with Crippen molar-refractivity contribution in [1.82, 2.24) is 4.98 Å². The minimum Gasteiger partial charge on any atom is -0.357 e. The van der Waals surface area contributed by atoms with Crippen molar-refractivity contribution in [2.45, 2.75) is 26.7 Å². The molecule has 3 heteroatoms. The van der Waals surface area contributed by atoms with Gasteiger partial charge < -0.3 is 4.90 Å². The lowest BCUT2D eigenvalue weighted by Crippen LogP contribution is -2.24. The van der Waals surface area contributed by atoms with Crippen molar-refractivity contribution in [3.63, 3.8) is 0 Å². The standard InChI is InChI=1S/C11H17FN2/c1-3-5-9-14(4-2)11-8-6-7-10(12)13-11/h6-8H,3-5,9H2,1-2H3. The van der Waals surface area contributed by atoms with Crippen LogP contribution in [0.4, 0.5) is 10.2 Å². The van der Waals surface area contributed by atoms with Crippen molar-refractivity contribution in [2.75, 3.05) is 18.0 Å². The Kier molecular flexibility index (Phi) is 4.36. The molecule has 1 rings (SSSR count). The lowest BCUT2D eigenvalue weighted by Gasteiger charge is -2.21. The summed E-state index contributed by atoms with van der Waals surface area (Å²) in [4.78, 5) is 5.95. The third-order valence-corrected chi connectivity index (χ3v) is 2.19. The zero-order chi connectivity index (χ0) is 10.4. The van der Waals surface area contributed by atoms with Crippen molar-refractivity contribution >= 4 is 5.82 Å². The van der Waals surface area contributed by atoms with Crippen LogP contribution >= 0.6 is 0 Å². The summed E-state index contributed by atoms with van der Waals surface area (Å²) < 4.78 is 12.8. The van der Waals surface area contributed by atoms with Crippen LogP contribution < -0.4 is 4.90 Å². The Hall–Kier alpha value is -1.12. The third-order valence-electron chi connectivity index (χ3n) is 2.19. The van der Waals surface area contributed by atoms with Crippen molar-refractivity contribution in [2.24, 2.45) is 0 Å². The maximum atomic E-state index is 12.8. The lowest BCUT2D eigenvalue weighted by molar-refractivity contribution is 0.580. The molecule has 1 aromatic heterocycles. The van der Waals surface area contributed by atoms with Crippen molar-refractivity contribution in [3.8, 4) is 0 Å². The van der Waals surface area contributed by atoms with E-state index in [0.717, 1.165) is 31.7 Å². The first-order valence-electron chi connectivity index (χ1n) is 5.15. The van der Waals surface area contributed by atoms with Crippen LogP contribution in [0.5, 0.6) is 0 Å². The predicted molar refractivity (Wildman–Crippen MR) is 57.0 cm³/mol. The summed E-state index contributed by atoms with van der Waals surface area (Å²) in [7, 11) is 0. The molecule has 1 heterocycles. The lowest BCUT2D eigenvalue weighted by atomic mass is 10.3. The molecule has 0 saturated heterocycles. The average Bonchev–Trinajstić information content (AvgIpc) is 2.19. The van der Waals surface area contributed by atoms with Gasteiger partial charge in [-0.2, -0.15) is 4.39 Å². The molecule has 0 atom stereocenters. The van der Waals surface area contributed by atoms with Crippen LogP contribution in [0.15, 0.2) is 18.2 Å². The monoisotopic (exact) mass is 196 g/mol. The molecule has 0 amide bonds. The van der Waals surface area contributed by atoms with E-state index in [0.29, 0.717) is 0 Å². The van der Waals surface area contributed by atoms with Crippen molar-refractivity contribution < 1.29 is 4.39 Å². The summed E-state index contributed by atoms with van der Waals surface area (Å²) in [6.07, 6.45) is 2.26. The quantitative estimate of drug-likeness (QED) is 0.673. The van der Waals surface area contributed by atoms with E-state index in [2.05, 4.69) is 23.7 Å². The van der Waals surface area contributed by atoms with Gasteiger partial charge in [0, 0.05) is 13.1 Å². The molecule has 0 spiro atoms. The molecule has 0 N–H and O–H groups in total. The highest BCUT2D eigenvalue weighted by atomic mass is 19.1. The molecule has 0 unspecified atom stereocenters. The van der Waals surface area contributed by atoms with E-state index >= 15 is 0 Å². The van der Waals surface area contributed by atoms with Crippen molar-refractivity contribution in [3.05, 3.63) is 24.1 Å². The second kappa shape index (κ2) is 5.58. The molecule has 0 radical (unpaired) electrons. The van der Waals surface area contributed by atoms with E-state index < -0.39 is 5.95 Å². The topological polar surface area (TPSA) is 16.1 Å². The number of aromatic nitrogens is 1. The second-order valence-electron chi connectivity index (χ2n) is 3.25. The van der Waals surface area contributed by atoms with Crippen LogP contribution in [-0.2, 0) is 0 Å². The van der Waals surface area contributed by atoms with Gasteiger partial charge in [0.2, 0.25) is 5.95 Å². The Balaban J connectivity index is 2.68. The molecular formula is C11H17FN2. The van der Waals surface area contributed by atoms with Crippen LogP contribution in [0.1, 0.15) is 26.7 Å². The number of nitrogens with zero attached hydrogens (tertiary/aromatic N) is 2. The summed E-state index contributed by atoms with van der Waals surface area (Å²) in [5.74, 6) is 0.332. The number of anilines is 1. The minimum absolute atomic E-state index is 0.405. The largest absolute Gasteiger partial charge is 0.357 e. The van der Waals surface area contributed by atoms with Crippen molar-refractivity contribution in [1.29, 1.82) is 0 Å². The molecule has 0 bridgehead atoms. The van der Waals surface area contributed by atoms with E-state index in [4.69, 9.17) is 0 Å². The molecule has 0 aliphatic heterocycles. The zero-order valence-electron chi connectivity index (χ0n) is 8.83. The molecule has 78 valence electrons. The van der Waals surface area contributed by atoms with Gasteiger partial charge in [0.05, 0.1) is 0 Å². The Bertz CT molecular complexity index is 276. The molecule has 2 nitrogen and oxygen atoms in total. The average molecular weight is 196 g/mol. The van der Waals surface area contributed by atoms with Gasteiger partial charge in [0.1, 0.15) is 5.82 Å². The zero-order valence-corrected chi connectivity index (χ0v) is 8.83. The molecule has 0 aliphatic carbocycles. The summed E-state index contributed by atoms with van der Waals surface area (Å²) in [6.45, 7) is 6.02. The van der Waals surface area contributed by atoms with Crippen LogP contribution in [0.25, 0.3) is 0 Å². The molecule has 0 aromatic carbocycles. The first kappa shape index (κ1) is 11.0. The number of pyridine rings is 1. The second-order valence-corrected chi connectivity index (χ2v) is 3.25. The Morgan fingerprint density at radius 2 is 2.14 bits per heavy atom. The van der Waals surface area contributed by atoms with Gasteiger partial charge in [0.25, 0.3) is 0 Å². The maximum Gasteiger partial charge on any atom is 0.214 e. The van der Waals surface area contributed by atoms with Gasteiger partial charge >= 0.3 is 0 Å². The summed E-state index contributed by atoms with van der Waals surface area (Å²) in [5.41, 5.74) is 0. The number of unbranched alkanes of at least 4 members (excludes halogenated alkanes) is 1. The number of rotatable bonds is 5. The van der Waals surface area contributed by atoms with Gasteiger partial charge in [-0.1, -0.05) is 19.4 Å². The van der Waals surface area contributed by atoms with E-state index in [1.54, 1.807) is 6.07 Å². The normalized spacial score (nSPS) is 10.2. The Morgan fingerprint density at radius 1 is 1.36 bits per heavy atom. The van der Waals surface area contributed by atoms with Crippen LogP contribution in [-0.4, -0.2) is 18.1 Å². The van der Waals surface area contributed by atoms with E-state index in [1.807, 2.05) is 6.07 Å². The molecule has 0 aliphatic rings. The summed E-state index contributed by atoms with van der Waals surface area (Å²) in [6, 6.07) is 4.92. The molecule has 0 saturated carbocycles. The SMILES string of the molecule is CCCCN(CC)c1cccc(F)n1. The van der Waals surface area contributed by atoms with Gasteiger partial charge in [-0.05, 0) is 25.5 Å². The van der Waals surface area contributed by atoms with Gasteiger partial charge in [-0.25, -0.2) is 4.98 Å². The highest BCUT2D eigenvalue weighted by molar-refractivity contribution is 5.37. The Labute approximate surface area is 84.8 Å². The van der Waals surface area contributed by atoms with Crippen LogP contribution in [0.2, 0.25) is 0 Å². The third kappa shape index (κ3) is 2.98. The van der Waals surface area contributed by atoms with Gasteiger partial charge in [0.15, 0.2) is 0 Å². The van der Waals surface area contributed by atoms with Gasteiger partial charge in [-0.15, -0.1) is 0 Å². The molecule has 14 heavy (non-hydrogen) atoms. The fourth-order valence-electron chi connectivity index (χ4n) is 1.36. The molecule has 0 fully saturated rings. The smallest absolute Gasteiger partial charge is 0.214 e. The fourth-order valence-corrected chi connectivity index (χ4v) is 1.36. The Morgan fingerprint density at radius 3 is 2.71 bits per heavy atom. The van der Waals surface area contributed by atoms with Gasteiger partial charge in [-0.3, -0.25) is 0 Å². The van der Waals surface area contributed by atoms with Crippen LogP contribution in [0, 0.1) is 5.95 Å². The fraction of sp³-hybridized carbons (Fsp3) is 0.545. The van der Waals surface area contributed by atoms with E-state index in [-0.39, 0.29) is 0 Å². The summed E-state index contributed by atoms with van der Waals surface area (Å²) in [5, 5.41) is 0. The first-order chi connectivity index (χ1) is 6.77. The number of halogens is 1. The molecule has 1 aromatic rings. The maximum absolute atomic E-state index is 12.8.